The van der Waals surface area contributed by atoms with E-state index < -0.39 is 22.4 Å². The first-order valence-electron chi connectivity index (χ1n) is 6.87. The monoisotopic (exact) mass is 401 g/mol. The van der Waals surface area contributed by atoms with Crippen LogP contribution in [-0.2, 0) is 6.18 Å². The third kappa shape index (κ3) is 3.81. The molecule has 1 heterocycles. The van der Waals surface area contributed by atoms with Gasteiger partial charge in [0.2, 0.25) is 5.89 Å². The Balaban J connectivity index is 1.92. The molecule has 0 radical (unpaired) electrons. The number of rotatable bonds is 4. The summed E-state index contributed by atoms with van der Waals surface area (Å²) in [5, 5.41) is 19.0. The van der Waals surface area contributed by atoms with Gasteiger partial charge in [0.1, 0.15) is 0 Å². The van der Waals surface area contributed by atoms with Gasteiger partial charge in [0.15, 0.2) is 0 Å². The van der Waals surface area contributed by atoms with Gasteiger partial charge in [-0.1, -0.05) is 23.7 Å². The molecule has 2 aromatic carbocycles. The molecule has 0 aliphatic rings. The summed E-state index contributed by atoms with van der Waals surface area (Å²) in [4.78, 5) is 10.1. The van der Waals surface area contributed by atoms with Crippen LogP contribution in [0, 0.1) is 10.1 Å². The maximum atomic E-state index is 12.7. The van der Waals surface area contributed by atoms with Crippen LogP contribution in [0.25, 0.3) is 11.5 Å². The van der Waals surface area contributed by atoms with Crippen LogP contribution in [0.15, 0.2) is 57.0 Å². The molecule has 3 rings (SSSR count). The van der Waals surface area contributed by atoms with E-state index >= 15 is 0 Å². The summed E-state index contributed by atoms with van der Waals surface area (Å²) in [7, 11) is 0. The summed E-state index contributed by atoms with van der Waals surface area (Å²) in [6.45, 7) is 0. The average molecular weight is 402 g/mol. The number of halogens is 4. The summed E-state index contributed by atoms with van der Waals surface area (Å²) in [6.07, 6.45) is -4.68. The molecule has 0 spiro atoms. The fourth-order valence-corrected chi connectivity index (χ4v) is 2.99. The Morgan fingerprint density at radius 3 is 2.54 bits per heavy atom. The lowest BCUT2D eigenvalue weighted by Gasteiger charge is -2.07. The number of nitrogens with zero attached hydrogens (tertiary/aromatic N) is 3. The van der Waals surface area contributed by atoms with Crippen LogP contribution in [0.4, 0.5) is 18.9 Å². The van der Waals surface area contributed by atoms with Crippen molar-refractivity contribution >= 4 is 29.1 Å². The summed E-state index contributed by atoms with van der Waals surface area (Å²) in [6, 6.07) is 8.89. The molecule has 6 nitrogen and oxygen atoms in total. The molecular weight excluding hydrogens is 395 g/mol. The van der Waals surface area contributed by atoms with Gasteiger partial charge >= 0.3 is 6.18 Å². The minimum absolute atomic E-state index is 0.0580. The molecule has 0 bridgehead atoms. The third-order valence-corrected chi connectivity index (χ3v) is 4.43. The van der Waals surface area contributed by atoms with Crippen molar-refractivity contribution in [3.63, 3.8) is 0 Å². The van der Waals surface area contributed by atoms with Crippen LogP contribution in [0.3, 0.4) is 0 Å². The van der Waals surface area contributed by atoms with Crippen molar-refractivity contribution in [3.05, 3.63) is 63.2 Å². The number of alkyl halides is 3. The van der Waals surface area contributed by atoms with E-state index in [9.17, 15) is 23.3 Å². The molecule has 0 atom stereocenters. The Morgan fingerprint density at radius 1 is 1.15 bits per heavy atom. The van der Waals surface area contributed by atoms with Gasteiger partial charge in [-0.25, -0.2) is 0 Å². The van der Waals surface area contributed by atoms with Crippen LogP contribution in [-0.4, -0.2) is 15.1 Å². The standard InChI is InChI=1S/C15H7ClF3N3O3S/c16-10-4-2-1-3-9(10)13-20-21-14(25-13)26-12-6-5-8(15(17,18)19)7-11(12)22(23)24/h1-7H. The Kier molecular flexibility index (Phi) is 4.88. The van der Waals surface area contributed by atoms with Crippen molar-refractivity contribution in [2.45, 2.75) is 16.3 Å². The molecule has 134 valence electrons. The summed E-state index contributed by atoms with van der Waals surface area (Å²) < 4.78 is 43.6. The van der Waals surface area contributed by atoms with Gasteiger partial charge < -0.3 is 4.42 Å². The Labute approximate surface area is 153 Å². The number of hydrogen-bond acceptors (Lipinski definition) is 6. The van der Waals surface area contributed by atoms with Crippen molar-refractivity contribution in [3.8, 4) is 11.5 Å². The first kappa shape index (κ1) is 18.2. The van der Waals surface area contributed by atoms with Crippen LogP contribution < -0.4 is 0 Å². The SMILES string of the molecule is O=[N+]([O-])c1cc(C(F)(F)F)ccc1Sc1nnc(-c2ccccc2Cl)o1. The molecule has 0 fully saturated rings. The van der Waals surface area contributed by atoms with Crippen LogP contribution in [0.1, 0.15) is 5.56 Å². The maximum Gasteiger partial charge on any atom is 0.416 e. The minimum Gasteiger partial charge on any atom is -0.411 e. The molecule has 0 saturated carbocycles. The normalized spacial score (nSPS) is 11.5. The predicted octanol–water partition coefficient (Wildman–Crippen LogP) is 5.47. The topological polar surface area (TPSA) is 82.1 Å². The molecule has 26 heavy (non-hydrogen) atoms. The number of nitro groups is 1. The van der Waals surface area contributed by atoms with Gasteiger partial charge in [-0.3, -0.25) is 10.1 Å². The molecule has 0 aliphatic heterocycles. The van der Waals surface area contributed by atoms with E-state index in [4.69, 9.17) is 16.0 Å². The molecular formula is C15H7ClF3N3O3S. The van der Waals surface area contributed by atoms with E-state index in [0.717, 1.165) is 12.1 Å². The van der Waals surface area contributed by atoms with Gasteiger partial charge in [0, 0.05) is 6.07 Å². The Bertz CT molecular complexity index is 978. The van der Waals surface area contributed by atoms with Crippen LogP contribution in [0.2, 0.25) is 5.02 Å². The molecule has 1 aromatic heterocycles. The zero-order valence-corrected chi connectivity index (χ0v) is 14.1. The van der Waals surface area contributed by atoms with Gasteiger partial charge in [0.05, 0.1) is 26.0 Å². The summed E-state index contributed by atoms with van der Waals surface area (Å²) >= 11 is 6.72. The molecule has 0 amide bonds. The number of aromatic nitrogens is 2. The molecule has 0 saturated heterocycles. The van der Waals surface area contributed by atoms with Gasteiger partial charge in [-0.05, 0) is 36.0 Å². The second kappa shape index (κ2) is 6.96. The van der Waals surface area contributed by atoms with Crippen molar-refractivity contribution in [1.82, 2.24) is 10.2 Å². The van der Waals surface area contributed by atoms with E-state index in [1.807, 2.05) is 0 Å². The van der Waals surface area contributed by atoms with E-state index in [2.05, 4.69) is 10.2 Å². The number of nitro benzene ring substituents is 1. The van der Waals surface area contributed by atoms with Crippen molar-refractivity contribution in [1.29, 1.82) is 0 Å². The van der Waals surface area contributed by atoms with Crippen LogP contribution >= 0.6 is 23.4 Å². The van der Waals surface area contributed by atoms with E-state index in [1.165, 1.54) is 0 Å². The lowest BCUT2D eigenvalue weighted by atomic mass is 10.2. The Hall–Kier alpha value is -2.59. The van der Waals surface area contributed by atoms with Gasteiger partial charge in [-0.15, -0.1) is 10.2 Å². The first-order chi connectivity index (χ1) is 12.3. The highest BCUT2D eigenvalue weighted by atomic mass is 35.5. The molecule has 3 aromatic rings. The zero-order valence-electron chi connectivity index (χ0n) is 12.5. The molecule has 11 heteroatoms. The minimum atomic E-state index is -4.68. The molecule has 0 N–H and O–H groups in total. The predicted molar refractivity (Wildman–Crippen MR) is 87.0 cm³/mol. The zero-order chi connectivity index (χ0) is 18.9. The van der Waals surface area contributed by atoms with Crippen molar-refractivity contribution in [2.75, 3.05) is 0 Å². The number of benzene rings is 2. The average Bonchev–Trinajstić information content (AvgIpc) is 3.02. The highest BCUT2D eigenvalue weighted by Crippen LogP contribution is 2.39. The smallest absolute Gasteiger partial charge is 0.411 e. The highest BCUT2D eigenvalue weighted by Gasteiger charge is 2.33. The molecule has 0 aliphatic carbocycles. The van der Waals surface area contributed by atoms with Crippen molar-refractivity contribution in [2.24, 2.45) is 0 Å². The quantitative estimate of drug-likeness (QED) is 0.426. The van der Waals surface area contributed by atoms with Gasteiger partial charge in [-0.2, -0.15) is 13.2 Å². The second-order valence-corrected chi connectivity index (χ2v) is 6.29. The second-order valence-electron chi connectivity index (χ2n) is 4.89. The molecule has 0 unspecified atom stereocenters. The maximum absolute atomic E-state index is 12.7. The number of hydrogen-bond donors (Lipinski definition) is 0. The lowest BCUT2D eigenvalue weighted by Crippen LogP contribution is -2.05. The fraction of sp³-hybridized carbons (Fsp3) is 0.0667. The lowest BCUT2D eigenvalue weighted by molar-refractivity contribution is -0.388. The third-order valence-electron chi connectivity index (χ3n) is 3.19. The summed E-state index contributed by atoms with van der Waals surface area (Å²) in [5.74, 6) is 0.0904. The largest absolute Gasteiger partial charge is 0.416 e. The van der Waals surface area contributed by atoms with Crippen molar-refractivity contribution < 1.29 is 22.5 Å². The Morgan fingerprint density at radius 2 is 1.88 bits per heavy atom. The van der Waals surface area contributed by atoms with E-state index in [0.29, 0.717) is 28.4 Å². The fourth-order valence-electron chi connectivity index (χ4n) is 2.01. The van der Waals surface area contributed by atoms with Gasteiger partial charge in [0.25, 0.3) is 10.9 Å². The first-order valence-corrected chi connectivity index (χ1v) is 8.07. The van der Waals surface area contributed by atoms with Crippen LogP contribution in [0.5, 0.6) is 0 Å². The van der Waals surface area contributed by atoms with E-state index in [1.54, 1.807) is 24.3 Å². The highest BCUT2D eigenvalue weighted by molar-refractivity contribution is 7.99. The van der Waals surface area contributed by atoms with E-state index in [-0.39, 0.29) is 16.0 Å². The summed E-state index contributed by atoms with van der Waals surface area (Å²) in [5.41, 5.74) is -1.35.